The number of nitrogens with one attached hydrogen (secondary N) is 1. The smallest absolute Gasteiger partial charge is 0.328 e. The predicted octanol–water partition coefficient (Wildman–Crippen LogP) is 1.23. The predicted molar refractivity (Wildman–Crippen MR) is 56.3 cm³/mol. The standard InChI is InChI=1S/C10H14FN3O2/c1-6(2)8(9(15)16-3)14-10-12-4-7(11)5-13-10/h4-6,8H,1-3H3,(H,12,13,14). The molecule has 0 radical (unpaired) electrons. The highest BCUT2D eigenvalue weighted by Crippen LogP contribution is 2.09. The maximum absolute atomic E-state index is 12.6. The fourth-order valence-corrected chi connectivity index (χ4v) is 1.15. The third-order valence-corrected chi connectivity index (χ3v) is 2.03. The minimum atomic E-state index is -0.546. The van der Waals surface area contributed by atoms with E-state index in [1.807, 2.05) is 13.8 Å². The average molecular weight is 227 g/mol. The Morgan fingerprint density at radius 1 is 1.44 bits per heavy atom. The molecule has 16 heavy (non-hydrogen) atoms. The van der Waals surface area contributed by atoms with Crippen LogP contribution in [0, 0.1) is 11.7 Å². The normalized spacial score (nSPS) is 12.3. The van der Waals surface area contributed by atoms with Crippen molar-refractivity contribution in [2.75, 3.05) is 12.4 Å². The Labute approximate surface area is 93.1 Å². The molecular formula is C10H14FN3O2. The molecule has 5 nitrogen and oxygen atoms in total. The van der Waals surface area contributed by atoms with Gasteiger partial charge in [0.2, 0.25) is 5.95 Å². The molecule has 1 unspecified atom stereocenters. The third-order valence-electron chi connectivity index (χ3n) is 2.03. The number of carbonyl (C=O) groups excluding carboxylic acids is 1. The van der Waals surface area contributed by atoms with Crippen LogP contribution in [0.5, 0.6) is 0 Å². The van der Waals surface area contributed by atoms with Crippen molar-refractivity contribution in [1.29, 1.82) is 0 Å². The van der Waals surface area contributed by atoms with Crippen LogP contribution in [0.2, 0.25) is 0 Å². The van der Waals surface area contributed by atoms with Crippen LogP contribution in [-0.2, 0) is 9.53 Å². The lowest BCUT2D eigenvalue weighted by molar-refractivity contribution is -0.142. The summed E-state index contributed by atoms with van der Waals surface area (Å²) in [6.07, 6.45) is 2.06. The number of rotatable bonds is 4. The van der Waals surface area contributed by atoms with Crippen LogP contribution < -0.4 is 5.32 Å². The van der Waals surface area contributed by atoms with E-state index in [9.17, 15) is 9.18 Å². The minimum absolute atomic E-state index is 0.0149. The van der Waals surface area contributed by atoms with E-state index in [1.165, 1.54) is 7.11 Å². The molecule has 1 aromatic rings. The molecule has 1 N–H and O–H groups in total. The molecule has 1 rings (SSSR count). The summed E-state index contributed by atoms with van der Waals surface area (Å²) < 4.78 is 17.2. The number of carbonyl (C=O) groups is 1. The summed E-state index contributed by atoms with van der Waals surface area (Å²) in [5, 5.41) is 2.79. The molecule has 1 atom stereocenters. The summed E-state index contributed by atoms with van der Waals surface area (Å²) in [5.41, 5.74) is 0. The largest absolute Gasteiger partial charge is 0.467 e. The molecule has 0 aromatic carbocycles. The summed E-state index contributed by atoms with van der Waals surface area (Å²) in [6.45, 7) is 3.72. The van der Waals surface area contributed by atoms with Gasteiger partial charge in [0.25, 0.3) is 0 Å². The number of nitrogens with zero attached hydrogens (tertiary/aromatic N) is 2. The molecule has 1 aromatic heterocycles. The Bertz CT molecular complexity index is 354. The highest BCUT2D eigenvalue weighted by Gasteiger charge is 2.23. The molecule has 0 saturated carbocycles. The van der Waals surface area contributed by atoms with Crippen molar-refractivity contribution in [1.82, 2.24) is 9.97 Å². The van der Waals surface area contributed by atoms with Crippen molar-refractivity contribution in [2.24, 2.45) is 5.92 Å². The lowest BCUT2D eigenvalue weighted by Gasteiger charge is -2.19. The number of hydrogen-bond donors (Lipinski definition) is 1. The summed E-state index contributed by atoms with van der Waals surface area (Å²) in [5.74, 6) is -0.709. The molecule has 0 aliphatic carbocycles. The van der Waals surface area contributed by atoms with Gasteiger partial charge in [0.15, 0.2) is 5.82 Å². The summed E-state index contributed by atoms with van der Waals surface area (Å²) in [4.78, 5) is 18.8. The van der Waals surface area contributed by atoms with Gasteiger partial charge in [-0.3, -0.25) is 0 Å². The van der Waals surface area contributed by atoms with Crippen molar-refractivity contribution in [3.63, 3.8) is 0 Å². The number of esters is 1. The first-order valence-corrected chi connectivity index (χ1v) is 4.86. The van der Waals surface area contributed by atoms with E-state index < -0.39 is 17.8 Å². The number of aromatic nitrogens is 2. The Morgan fingerprint density at radius 2 is 2.00 bits per heavy atom. The van der Waals surface area contributed by atoms with E-state index in [1.54, 1.807) is 0 Å². The molecule has 0 amide bonds. The van der Waals surface area contributed by atoms with E-state index >= 15 is 0 Å². The van der Waals surface area contributed by atoms with Gasteiger partial charge in [-0.15, -0.1) is 0 Å². The molecule has 0 bridgehead atoms. The minimum Gasteiger partial charge on any atom is -0.467 e. The lowest BCUT2D eigenvalue weighted by Crippen LogP contribution is -2.36. The topological polar surface area (TPSA) is 64.1 Å². The zero-order valence-electron chi connectivity index (χ0n) is 9.40. The molecule has 88 valence electrons. The van der Waals surface area contributed by atoms with Crippen molar-refractivity contribution in [3.05, 3.63) is 18.2 Å². The maximum atomic E-state index is 12.6. The molecular weight excluding hydrogens is 213 g/mol. The quantitative estimate of drug-likeness (QED) is 0.783. The lowest BCUT2D eigenvalue weighted by atomic mass is 10.1. The molecule has 0 aliphatic rings. The Balaban J connectivity index is 2.75. The average Bonchev–Trinajstić information content (AvgIpc) is 2.27. The molecule has 0 spiro atoms. The zero-order valence-corrected chi connectivity index (χ0v) is 9.40. The van der Waals surface area contributed by atoms with E-state index in [0.717, 1.165) is 12.4 Å². The second kappa shape index (κ2) is 5.39. The number of methoxy groups -OCH3 is 1. The maximum Gasteiger partial charge on any atom is 0.328 e. The van der Waals surface area contributed by atoms with Gasteiger partial charge >= 0.3 is 5.97 Å². The van der Waals surface area contributed by atoms with Gasteiger partial charge in [-0.2, -0.15) is 0 Å². The molecule has 6 heteroatoms. The monoisotopic (exact) mass is 227 g/mol. The number of halogens is 1. The second-order valence-electron chi connectivity index (χ2n) is 3.61. The second-order valence-corrected chi connectivity index (χ2v) is 3.61. The van der Waals surface area contributed by atoms with Crippen LogP contribution >= 0.6 is 0 Å². The Hall–Kier alpha value is -1.72. The van der Waals surface area contributed by atoms with Crippen molar-refractivity contribution >= 4 is 11.9 Å². The van der Waals surface area contributed by atoms with Crippen LogP contribution in [0.15, 0.2) is 12.4 Å². The van der Waals surface area contributed by atoms with Gasteiger partial charge in [-0.1, -0.05) is 13.8 Å². The van der Waals surface area contributed by atoms with Gasteiger partial charge in [-0.25, -0.2) is 19.2 Å². The highest BCUT2D eigenvalue weighted by molar-refractivity contribution is 5.78. The van der Waals surface area contributed by atoms with Gasteiger partial charge < -0.3 is 10.1 Å². The van der Waals surface area contributed by atoms with Gasteiger partial charge in [0, 0.05) is 0 Å². The molecule has 1 heterocycles. The van der Waals surface area contributed by atoms with Crippen LogP contribution in [0.3, 0.4) is 0 Å². The van der Waals surface area contributed by atoms with Crippen LogP contribution in [-0.4, -0.2) is 29.1 Å². The fraction of sp³-hybridized carbons (Fsp3) is 0.500. The summed E-state index contributed by atoms with van der Waals surface area (Å²) in [6, 6.07) is -0.546. The van der Waals surface area contributed by atoms with Crippen LogP contribution in [0.1, 0.15) is 13.8 Å². The van der Waals surface area contributed by atoms with E-state index in [-0.39, 0.29) is 11.9 Å². The van der Waals surface area contributed by atoms with E-state index in [2.05, 4.69) is 20.0 Å². The Kier molecular flexibility index (Phi) is 4.16. The highest BCUT2D eigenvalue weighted by atomic mass is 19.1. The Morgan fingerprint density at radius 3 is 2.44 bits per heavy atom. The van der Waals surface area contributed by atoms with Crippen LogP contribution in [0.25, 0.3) is 0 Å². The van der Waals surface area contributed by atoms with Gasteiger partial charge in [0.1, 0.15) is 6.04 Å². The first-order valence-electron chi connectivity index (χ1n) is 4.86. The third kappa shape index (κ3) is 3.15. The van der Waals surface area contributed by atoms with Crippen molar-refractivity contribution < 1.29 is 13.9 Å². The van der Waals surface area contributed by atoms with Crippen molar-refractivity contribution in [2.45, 2.75) is 19.9 Å². The SMILES string of the molecule is COC(=O)C(Nc1ncc(F)cn1)C(C)C. The first-order chi connectivity index (χ1) is 7.54. The van der Waals surface area contributed by atoms with Gasteiger partial charge in [0.05, 0.1) is 19.5 Å². The summed E-state index contributed by atoms with van der Waals surface area (Å²) >= 11 is 0. The van der Waals surface area contributed by atoms with E-state index in [0.29, 0.717) is 0 Å². The first kappa shape index (κ1) is 12.4. The van der Waals surface area contributed by atoms with Crippen LogP contribution in [0.4, 0.5) is 10.3 Å². The fourth-order valence-electron chi connectivity index (χ4n) is 1.15. The number of ether oxygens (including phenoxy) is 1. The molecule has 0 fully saturated rings. The zero-order chi connectivity index (χ0) is 12.1. The van der Waals surface area contributed by atoms with Crippen molar-refractivity contribution in [3.8, 4) is 0 Å². The number of hydrogen-bond acceptors (Lipinski definition) is 5. The molecule has 0 saturated heterocycles. The van der Waals surface area contributed by atoms with Gasteiger partial charge in [-0.05, 0) is 5.92 Å². The number of anilines is 1. The van der Waals surface area contributed by atoms with E-state index in [4.69, 9.17) is 0 Å². The molecule has 0 aliphatic heterocycles. The summed E-state index contributed by atoms with van der Waals surface area (Å²) in [7, 11) is 1.31.